The van der Waals surface area contributed by atoms with Gasteiger partial charge in [0, 0.05) is 0 Å². The average Bonchev–Trinajstić information content (AvgIpc) is 2.60. The minimum Gasteiger partial charge on any atom is -0.481 e. The van der Waals surface area contributed by atoms with E-state index in [1.54, 1.807) is 31.2 Å². The molecule has 5 heteroatoms. The van der Waals surface area contributed by atoms with Crippen LogP contribution in [-0.2, 0) is 4.79 Å². The van der Waals surface area contributed by atoms with Crippen molar-refractivity contribution >= 4 is 5.91 Å². The number of rotatable bonds is 6. The average molecular weight is 327 g/mol. The lowest BCUT2D eigenvalue weighted by atomic mass is 10.3. The summed E-state index contributed by atoms with van der Waals surface area (Å²) in [6, 6.07) is 15.2. The predicted molar refractivity (Wildman–Crippen MR) is 89.2 cm³/mol. The van der Waals surface area contributed by atoms with E-state index in [0.29, 0.717) is 5.75 Å². The molecule has 0 aliphatic carbocycles. The highest BCUT2D eigenvalue weighted by molar-refractivity contribution is 5.80. The van der Waals surface area contributed by atoms with E-state index in [4.69, 9.17) is 9.47 Å². The molecule has 2 rings (SSSR count). The van der Waals surface area contributed by atoms with Crippen LogP contribution in [0.5, 0.6) is 11.5 Å². The van der Waals surface area contributed by atoms with Crippen LogP contribution < -0.4 is 14.8 Å². The fourth-order valence-electron chi connectivity index (χ4n) is 1.82. The SMILES string of the molecule is CC(Oc1ccccc1)C(=O)NCC#CCOc1ccccc1F. The van der Waals surface area contributed by atoms with Crippen molar-refractivity contribution < 1.29 is 18.7 Å². The van der Waals surface area contributed by atoms with E-state index < -0.39 is 11.9 Å². The summed E-state index contributed by atoms with van der Waals surface area (Å²) in [6.45, 7) is 1.88. The maximum atomic E-state index is 13.3. The molecule has 2 aromatic carbocycles. The van der Waals surface area contributed by atoms with E-state index in [1.165, 1.54) is 12.1 Å². The van der Waals surface area contributed by atoms with Crippen LogP contribution in [0, 0.1) is 17.7 Å². The summed E-state index contributed by atoms with van der Waals surface area (Å²) < 4.78 is 24.0. The standard InChI is InChI=1S/C19H18FNO3/c1-15(24-16-9-3-2-4-10-16)19(22)21-13-7-8-14-23-18-12-6-5-11-17(18)20/h2-6,9-12,15H,13-14H2,1H3,(H,21,22). The highest BCUT2D eigenvalue weighted by Crippen LogP contribution is 2.14. The molecule has 0 aromatic heterocycles. The van der Waals surface area contributed by atoms with Crippen LogP contribution in [-0.4, -0.2) is 25.2 Å². The fourth-order valence-corrected chi connectivity index (χ4v) is 1.82. The zero-order valence-corrected chi connectivity index (χ0v) is 13.3. The Bertz CT molecular complexity index is 722. The second kappa shape index (κ2) is 9.21. The van der Waals surface area contributed by atoms with Gasteiger partial charge in [-0.3, -0.25) is 4.79 Å². The van der Waals surface area contributed by atoms with Gasteiger partial charge in [-0.15, -0.1) is 0 Å². The second-order valence-corrected chi connectivity index (χ2v) is 4.86. The molecule has 1 unspecified atom stereocenters. The number of ether oxygens (including phenoxy) is 2. The van der Waals surface area contributed by atoms with Gasteiger partial charge in [-0.25, -0.2) is 4.39 Å². The Labute approximate surface area is 140 Å². The second-order valence-electron chi connectivity index (χ2n) is 4.86. The molecule has 0 saturated carbocycles. The Balaban J connectivity index is 1.68. The highest BCUT2D eigenvalue weighted by Gasteiger charge is 2.13. The molecule has 0 spiro atoms. The Morgan fingerprint density at radius 2 is 1.83 bits per heavy atom. The summed E-state index contributed by atoms with van der Waals surface area (Å²) in [5, 5.41) is 2.65. The van der Waals surface area contributed by atoms with E-state index in [2.05, 4.69) is 17.2 Å². The first kappa shape index (κ1) is 17.4. The van der Waals surface area contributed by atoms with Gasteiger partial charge in [0.1, 0.15) is 12.4 Å². The molecule has 1 amide bonds. The number of hydrogen-bond acceptors (Lipinski definition) is 3. The van der Waals surface area contributed by atoms with Gasteiger partial charge in [0.2, 0.25) is 0 Å². The van der Waals surface area contributed by atoms with Crippen LogP contribution in [0.4, 0.5) is 4.39 Å². The predicted octanol–water partition coefficient (Wildman–Crippen LogP) is 2.79. The largest absolute Gasteiger partial charge is 0.481 e. The molecule has 24 heavy (non-hydrogen) atoms. The van der Waals surface area contributed by atoms with Crippen molar-refractivity contribution in [2.24, 2.45) is 0 Å². The zero-order chi connectivity index (χ0) is 17.2. The number of nitrogens with one attached hydrogen (secondary N) is 1. The van der Waals surface area contributed by atoms with Crippen LogP contribution in [0.2, 0.25) is 0 Å². The maximum absolute atomic E-state index is 13.3. The summed E-state index contributed by atoms with van der Waals surface area (Å²) >= 11 is 0. The molecule has 2 aromatic rings. The number of carbonyl (C=O) groups excluding carboxylic acids is 1. The van der Waals surface area contributed by atoms with E-state index in [0.717, 1.165) is 0 Å². The van der Waals surface area contributed by atoms with Gasteiger partial charge >= 0.3 is 0 Å². The summed E-state index contributed by atoms with van der Waals surface area (Å²) in [7, 11) is 0. The summed E-state index contributed by atoms with van der Waals surface area (Å²) in [6.07, 6.45) is -0.621. The van der Waals surface area contributed by atoms with Crippen LogP contribution in [0.3, 0.4) is 0 Å². The Hall–Kier alpha value is -3.00. The number of amides is 1. The molecule has 0 aliphatic rings. The first-order chi connectivity index (χ1) is 11.7. The van der Waals surface area contributed by atoms with Gasteiger partial charge in [0.15, 0.2) is 17.7 Å². The smallest absolute Gasteiger partial charge is 0.261 e. The first-order valence-corrected chi connectivity index (χ1v) is 7.49. The normalized spacial score (nSPS) is 10.9. The van der Waals surface area contributed by atoms with Crippen molar-refractivity contribution in [2.75, 3.05) is 13.2 Å². The Kier molecular flexibility index (Phi) is 6.66. The van der Waals surface area contributed by atoms with E-state index >= 15 is 0 Å². The molecule has 0 radical (unpaired) electrons. The first-order valence-electron chi connectivity index (χ1n) is 7.49. The molecule has 1 atom stereocenters. The van der Waals surface area contributed by atoms with Crippen LogP contribution >= 0.6 is 0 Å². The quantitative estimate of drug-likeness (QED) is 0.830. The van der Waals surface area contributed by atoms with Crippen LogP contribution in [0.1, 0.15) is 6.92 Å². The third kappa shape index (κ3) is 5.65. The molecular formula is C19H18FNO3. The van der Waals surface area contributed by atoms with Crippen LogP contribution in [0.25, 0.3) is 0 Å². The van der Waals surface area contributed by atoms with Gasteiger partial charge in [0.25, 0.3) is 5.91 Å². The number of para-hydroxylation sites is 2. The van der Waals surface area contributed by atoms with Gasteiger partial charge < -0.3 is 14.8 Å². The third-order valence-electron chi connectivity index (χ3n) is 3.04. The molecule has 124 valence electrons. The minimum absolute atomic E-state index is 0.0485. The highest BCUT2D eigenvalue weighted by atomic mass is 19.1. The van der Waals surface area contributed by atoms with E-state index in [1.807, 2.05) is 18.2 Å². The van der Waals surface area contributed by atoms with E-state index in [-0.39, 0.29) is 24.8 Å². The number of halogens is 1. The number of benzene rings is 2. The minimum atomic E-state index is -0.621. The Morgan fingerprint density at radius 1 is 1.12 bits per heavy atom. The Morgan fingerprint density at radius 3 is 2.58 bits per heavy atom. The van der Waals surface area contributed by atoms with Gasteiger partial charge in [-0.1, -0.05) is 42.2 Å². The maximum Gasteiger partial charge on any atom is 0.261 e. The van der Waals surface area contributed by atoms with Crippen molar-refractivity contribution in [3.63, 3.8) is 0 Å². The summed E-state index contributed by atoms with van der Waals surface area (Å²) in [5.41, 5.74) is 0. The third-order valence-corrected chi connectivity index (χ3v) is 3.04. The van der Waals surface area contributed by atoms with Crippen molar-refractivity contribution in [3.8, 4) is 23.3 Å². The molecular weight excluding hydrogens is 309 g/mol. The molecule has 0 bridgehead atoms. The molecule has 1 N–H and O–H groups in total. The molecule has 4 nitrogen and oxygen atoms in total. The summed E-state index contributed by atoms with van der Waals surface area (Å²) in [5.74, 6) is 5.54. The van der Waals surface area contributed by atoms with Crippen molar-refractivity contribution in [3.05, 3.63) is 60.4 Å². The van der Waals surface area contributed by atoms with Crippen LogP contribution in [0.15, 0.2) is 54.6 Å². The van der Waals surface area contributed by atoms with Gasteiger partial charge in [0.05, 0.1) is 6.54 Å². The topological polar surface area (TPSA) is 47.6 Å². The molecule has 0 saturated heterocycles. The van der Waals surface area contributed by atoms with Gasteiger partial charge in [-0.2, -0.15) is 0 Å². The summed E-state index contributed by atoms with van der Waals surface area (Å²) in [4.78, 5) is 11.9. The molecule has 0 aliphatic heterocycles. The number of carbonyl (C=O) groups is 1. The van der Waals surface area contributed by atoms with Crippen molar-refractivity contribution in [1.29, 1.82) is 0 Å². The zero-order valence-electron chi connectivity index (χ0n) is 13.3. The lowest BCUT2D eigenvalue weighted by Gasteiger charge is -2.13. The number of hydrogen-bond donors (Lipinski definition) is 1. The fraction of sp³-hybridized carbons (Fsp3) is 0.211. The van der Waals surface area contributed by atoms with Crippen molar-refractivity contribution in [1.82, 2.24) is 5.32 Å². The lowest BCUT2D eigenvalue weighted by molar-refractivity contribution is -0.126. The van der Waals surface area contributed by atoms with Crippen molar-refractivity contribution in [2.45, 2.75) is 13.0 Å². The lowest BCUT2D eigenvalue weighted by Crippen LogP contribution is -2.36. The van der Waals surface area contributed by atoms with Gasteiger partial charge in [-0.05, 0) is 31.2 Å². The molecule has 0 heterocycles. The van der Waals surface area contributed by atoms with E-state index in [9.17, 15) is 9.18 Å². The molecule has 0 fully saturated rings. The monoisotopic (exact) mass is 327 g/mol.